The summed E-state index contributed by atoms with van der Waals surface area (Å²) in [6, 6.07) is 20.8. The molecule has 1 aliphatic heterocycles. The minimum Gasteiger partial charge on any atom is -0.387 e. The van der Waals surface area contributed by atoms with Crippen LogP contribution in [0.2, 0.25) is 0 Å². The van der Waals surface area contributed by atoms with E-state index >= 15 is 0 Å². The van der Waals surface area contributed by atoms with Gasteiger partial charge in [0.2, 0.25) is 0 Å². The van der Waals surface area contributed by atoms with Gasteiger partial charge in [-0.05, 0) is 11.1 Å². The third-order valence-corrected chi connectivity index (χ3v) is 3.49. The molecule has 1 aliphatic rings. The van der Waals surface area contributed by atoms with Gasteiger partial charge in [-0.2, -0.15) is 0 Å². The summed E-state index contributed by atoms with van der Waals surface area (Å²) in [6.07, 6.45) is -0.389. The van der Waals surface area contributed by atoms with Gasteiger partial charge in [-0.1, -0.05) is 60.7 Å². The van der Waals surface area contributed by atoms with Gasteiger partial charge in [0.05, 0.1) is 6.10 Å². The topological polar surface area (TPSA) is 23.2 Å². The smallest absolute Gasteiger partial charge is 0.0917 e. The molecule has 0 saturated carbocycles. The van der Waals surface area contributed by atoms with Crippen molar-refractivity contribution in [1.29, 1.82) is 0 Å². The van der Waals surface area contributed by atoms with Gasteiger partial charge in [0.25, 0.3) is 0 Å². The van der Waals surface area contributed by atoms with Crippen LogP contribution < -0.4 is 0 Å². The molecule has 0 aromatic heterocycles. The number of rotatable bonds is 4. The van der Waals surface area contributed by atoms with Crippen molar-refractivity contribution in [1.82, 2.24) is 4.90 Å². The summed E-state index contributed by atoms with van der Waals surface area (Å²) in [5.41, 5.74) is 2.34. The van der Waals surface area contributed by atoms with Crippen LogP contribution in [0.5, 0.6) is 0 Å². The van der Waals surface area contributed by atoms with Crippen molar-refractivity contribution < 1.29 is 5.11 Å². The molecule has 18 heavy (non-hydrogen) atoms. The Hall–Kier alpha value is -1.64. The van der Waals surface area contributed by atoms with Crippen LogP contribution in [0.3, 0.4) is 0 Å². The maximum Gasteiger partial charge on any atom is 0.0917 e. The molecular weight excluding hydrogens is 222 g/mol. The van der Waals surface area contributed by atoms with E-state index in [-0.39, 0.29) is 6.10 Å². The van der Waals surface area contributed by atoms with Crippen molar-refractivity contribution in [2.24, 2.45) is 0 Å². The third kappa shape index (κ3) is 2.45. The van der Waals surface area contributed by atoms with E-state index in [2.05, 4.69) is 29.2 Å². The van der Waals surface area contributed by atoms with Gasteiger partial charge in [-0.3, -0.25) is 4.90 Å². The van der Waals surface area contributed by atoms with Gasteiger partial charge >= 0.3 is 0 Å². The Balaban J connectivity index is 1.60. The van der Waals surface area contributed by atoms with Gasteiger partial charge in [-0.25, -0.2) is 0 Å². The second kappa shape index (κ2) is 4.92. The number of benzene rings is 2. The Labute approximate surface area is 107 Å². The maximum atomic E-state index is 10.2. The molecule has 0 amide bonds. The molecule has 0 aliphatic carbocycles. The Morgan fingerprint density at radius 2 is 1.61 bits per heavy atom. The highest BCUT2D eigenvalue weighted by molar-refractivity contribution is 5.24. The Morgan fingerprint density at radius 3 is 2.28 bits per heavy atom. The zero-order valence-electron chi connectivity index (χ0n) is 10.2. The van der Waals surface area contributed by atoms with Gasteiger partial charge in [-0.15, -0.1) is 0 Å². The van der Waals surface area contributed by atoms with E-state index < -0.39 is 0 Å². The maximum absolute atomic E-state index is 10.2. The first-order valence-electron chi connectivity index (χ1n) is 6.36. The fraction of sp³-hybridized carbons (Fsp3) is 0.250. The van der Waals surface area contributed by atoms with E-state index in [1.165, 1.54) is 5.56 Å². The Bertz CT molecular complexity index is 497. The minimum absolute atomic E-state index is 0.389. The number of β-amino-alcohol motifs (C(OH)–C–C–N with tert-alkyl or cyclic N) is 1. The van der Waals surface area contributed by atoms with Crippen LogP contribution in [0.4, 0.5) is 0 Å². The summed E-state index contributed by atoms with van der Waals surface area (Å²) in [7, 11) is 0. The predicted octanol–water partition coefficient (Wildman–Crippen LogP) is 2.78. The Morgan fingerprint density at radius 1 is 1.00 bits per heavy atom. The first-order chi connectivity index (χ1) is 8.84. The summed E-state index contributed by atoms with van der Waals surface area (Å²) >= 11 is 0. The lowest BCUT2D eigenvalue weighted by Crippen LogP contribution is -2.11. The van der Waals surface area contributed by atoms with Crippen LogP contribution in [0.25, 0.3) is 0 Å². The number of aliphatic hydroxyl groups is 1. The molecule has 1 fully saturated rings. The number of aliphatic hydroxyl groups excluding tert-OH is 1. The van der Waals surface area contributed by atoms with Crippen LogP contribution in [0.1, 0.15) is 23.3 Å². The molecule has 3 unspecified atom stereocenters. The molecule has 0 spiro atoms. The van der Waals surface area contributed by atoms with Crippen molar-refractivity contribution in [3.63, 3.8) is 0 Å². The average Bonchev–Trinajstić information content (AvgIpc) is 3.20. The van der Waals surface area contributed by atoms with E-state index in [1.54, 1.807) is 0 Å². The zero-order chi connectivity index (χ0) is 12.4. The second-order valence-electron chi connectivity index (χ2n) is 4.81. The van der Waals surface area contributed by atoms with Crippen molar-refractivity contribution in [2.75, 3.05) is 13.1 Å². The quantitative estimate of drug-likeness (QED) is 0.829. The van der Waals surface area contributed by atoms with Gasteiger partial charge in [0, 0.05) is 19.1 Å². The SMILES string of the molecule is OC(CN1CC1c1ccccc1)c1ccccc1. The van der Waals surface area contributed by atoms with E-state index in [1.807, 2.05) is 36.4 Å². The molecule has 2 aromatic rings. The van der Waals surface area contributed by atoms with Gasteiger partial charge < -0.3 is 5.11 Å². The minimum atomic E-state index is -0.389. The van der Waals surface area contributed by atoms with Crippen LogP contribution in [-0.4, -0.2) is 23.1 Å². The van der Waals surface area contributed by atoms with Crippen molar-refractivity contribution in [3.05, 3.63) is 71.8 Å². The van der Waals surface area contributed by atoms with E-state index in [0.29, 0.717) is 12.6 Å². The molecule has 2 heteroatoms. The van der Waals surface area contributed by atoms with Crippen molar-refractivity contribution >= 4 is 0 Å². The normalized spacial score (nSPS) is 23.6. The summed E-state index contributed by atoms with van der Waals surface area (Å²) in [5.74, 6) is 0. The van der Waals surface area contributed by atoms with Crippen LogP contribution in [0.15, 0.2) is 60.7 Å². The third-order valence-electron chi connectivity index (χ3n) is 3.49. The fourth-order valence-electron chi connectivity index (χ4n) is 2.37. The highest BCUT2D eigenvalue weighted by atomic mass is 16.3. The molecule has 3 rings (SSSR count). The van der Waals surface area contributed by atoms with Gasteiger partial charge in [0.15, 0.2) is 0 Å². The van der Waals surface area contributed by atoms with Crippen molar-refractivity contribution in [3.8, 4) is 0 Å². The first kappa shape index (κ1) is 11.5. The van der Waals surface area contributed by atoms with Crippen LogP contribution in [0, 0.1) is 0 Å². The lowest BCUT2D eigenvalue weighted by molar-refractivity contribution is 0.153. The molecule has 0 bridgehead atoms. The summed E-state index contributed by atoms with van der Waals surface area (Å²) in [6.45, 7) is 1.76. The highest BCUT2D eigenvalue weighted by Crippen LogP contribution is 2.36. The number of hydrogen-bond donors (Lipinski definition) is 1. The zero-order valence-corrected chi connectivity index (χ0v) is 10.2. The molecule has 2 nitrogen and oxygen atoms in total. The van der Waals surface area contributed by atoms with Gasteiger partial charge in [0.1, 0.15) is 0 Å². The largest absolute Gasteiger partial charge is 0.387 e. The predicted molar refractivity (Wildman–Crippen MR) is 72.2 cm³/mol. The molecule has 3 atom stereocenters. The lowest BCUT2D eigenvalue weighted by Gasteiger charge is -2.12. The molecular formula is C16H17NO. The van der Waals surface area contributed by atoms with Crippen LogP contribution >= 0.6 is 0 Å². The Kier molecular flexibility index (Phi) is 3.13. The fourth-order valence-corrected chi connectivity index (χ4v) is 2.37. The molecule has 1 N–H and O–H groups in total. The molecule has 92 valence electrons. The van der Waals surface area contributed by atoms with E-state index in [4.69, 9.17) is 0 Å². The summed E-state index contributed by atoms with van der Waals surface area (Å²) in [4.78, 5) is 2.30. The second-order valence-corrected chi connectivity index (χ2v) is 4.81. The molecule has 1 heterocycles. The van der Waals surface area contributed by atoms with Crippen LogP contribution in [-0.2, 0) is 0 Å². The standard InChI is InChI=1S/C16H17NO/c18-16(14-9-5-2-6-10-14)12-17-11-15(17)13-7-3-1-4-8-13/h1-10,15-16,18H,11-12H2. The summed E-state index contributed by atoms with van der Waals surface area (Å²) in [5, 5.41) is 10.2. The lowest BCUT2D eigenvalue weighted by atomic mass is 10.1. The molecule has 0 radical (unpaired) electrons. The monoisotopic (exact) mass is 239 g/mol. The van der Waals surface area contributed by atoms with Crippen molar-refractivity contribution in [2.45, 2.75) is 12.1 Å². The summed E-state index contributed by atoms with van der Waals surface area (Å²) < 4.78 is 0. The van der Waals surface area contributed by atoms with E-state index in [9.17, 15) is 5.11 Å². The average molecular weight is 239 g/mol. The first-order valence-corrected chi connectivity index (χ1v) is 6.36. The number of nitrogens with zero attached hydrogens (tertiary/aromatic N) is 1. The number of hydrogen-bond acceptors (Lipinski definition) is 2. The molecule has 1 saturated heterocycles. The van der Waals surface area contributed by atoms with E-state index in [0.717, 1.165) is 12.1 Å². The molecule has 2 aromatic carbocycles. The highest BCUT2D eigenvalue weighted by Gasteiger charge is 2.36.